The van der Waals surface area contributed by atoms with E-state index in [1.165, 1.54) is 0 Å². The van der Waals surface area contributed by atoms with Crippen molar-refractivity contribution in [3.8, 4) is 5.69 Å². The Morgan fingerprint density at radius 2 is 1.38 bits per heavy atom. The highest BCUT2D eigenvalue weighted by molar-refractivity contribution is 5.98. The summed E-state index contributed by atoms with van der Waals surface area (Å²) in [6, 6.07) is 18.2. The molecule has 0 spiro atoms. The Kier molecular flexibility index (Phi) is 8.58. The molecule has 3 aromatic heterocycles. The van der Waals surface area contributed by atoms with Crippen molar-refractivity contribution >= 4 is 62.4 Å². The van der Waals surface area contributed by atoms with E-state index in [0.29, 0.717) is 18.5 Å². The summed E-state index contributed by atoms with van der Waals surface area (Å²) in [7, 11) is 0. The molecule has 0 saturated heterocycles. The number of benzene rings is 1. The third kappa shape index (κ3) is 5.70. The number of carboxylic acids is 2. The number of carboxylic acid groups (broad SMARTS) is 2. The number of aryl methyl sites for hydroxylation is 3. The number of nitrogens with zero attached hydrogens (tertiary/aromatic N) is 3. The van der Waals surface area contributed by atoms with Gasteiger partial charge in [0.05, 0.1) is 33.8 Å². The molecule has 1 aromatic carbocycles. The molecule has 2 aliphatic heterocycles. The maximum absolute atomic E-state index is 11.7. The number of fused-ring (bicyclic) bond motifs is 8. The zero-order chi connectivity index (χ0) is 34.3. The Morgan fingerprint density at radius 1 is 0.750 bits per heavy atom. The Balaban J connectivity index is 1.83. The predicted octanol–water partition coefficient (Wildman–Crippen LogP) is 8.97. The number of H-pyrrole nitrogens is 1. The molecule has 0 radical (unpaired) electrons. The molecule has 6 rings (SSSR count). The zero-order valence-electron chi connectivity index (χ0n) is 27.6. The Morgan fingerprint density at radius 3 is 2.04 bits per heavy atom. The standard InChI is InChI=1S/C40H38N4O4/c1-7-27-22(3)33-21-38-28(8-2)25(6)37(44(38)26-12-10-9-11-13-26)20-32-24(5)30(15-17-40(47)48)36(43-32)19-35-29(14-16-39(45)46)23(4)31(41-35)18-34(27)42-33/h7-13,18-21,41H,1-2,14-17H2,3-6H3,(H,45,46)(H,47,48). The molecule has 4 aromatic rings. The van der Waals surface area contributed by atoms with Crippen molar-refractivity contribution < 1.29 is 19.8 Å². The zero-order valence-corrected chi connectivity index (χ0v) is 27.6. The van der Waals surface area contributed by atoms with Gasteiger partial charge in [-0.05, 0) is 110 Å². The van der Waals surface area contributed by atoms with Gasteiger partial charge in [-0.2, -0.15) is 0 Å². The van der Waals surface area contributed by atoms with Gasteiger partial charge in [-0.1, -0.05) is 43.5 Å². The molecule has 8 nitrogen and oxygen atoms in total. The molecule has 0 atom stereocenters. The number of para-hydroxylation sites is 1. The smallest absolute Gasteiger partial charge is 0.303 e. The third-order valence-electron chi connectivity index (χ3n) is 9.40. The minimum atomic E-state index is -0.889. The number of allylic oxidation sites excluding steroid dienone is 5. The topological polar surface area (TPSA) is 121 Å². The number of hydrogen-bond donors (Lipinski definition) is 3. The van der Waals surface area contributed by atoms with Crippen LogP contribution in [0.15, 0.2) is 73.8 Å². The first-order chi connectivity index (χ1) is 23.0. The highest BCUT2D eigenvalue weighted by atomic mass is 16.4. The van der Waals surface area contributed by atoms with Crippen LogP contribution in [0.25, 0.3) is 56.1 Å². The maximum atomic E-state index is 11.7. The fraction of sp³-hybridized carbons (Fsp3) is 0.200. The summed E-state index contributed by atoms with van der Waals surface area (Å²) < 4.78 is 2.20. The Labute approximate surface area is 279 Å². The summed E-state index contributed by atoms with van der Waals surface area (Å²) in [6.07, 6.45) is 4.22. The van der Waals surface area contributed by atoms with E-state index in [0.717, 1.165) is 89.4 Å². The van der Waals surface area contributed by atoms with Crippen molar-refractivity contribution in [3.63, 3.8) is 0 Å². The lowest BCUT2D eigenvalue weighted by atomic mass is 10.0. The SMILES string of the molecule is C=CC1=C(C)c2cc3c(C=C)c(C)c(cc4nc(cc5[nH]c(cc1n2)c(C)c5CCC(=O)O)C(CCC(=O)O)=C4C)n3-c1ccccc1. The van der Waals surface area contributed by atoms with Gasteiger partial charge >= 0.3 is 11.9 Å². The molecule has 8 bridgehead atoms. The van der Waals surface area contributed by atoms with Crippen molar-refractivity contribution in [2.45, 2.75) is 53.4 Å². The first-order valence-electron chi connectivity index (χ1n) is 15.9. The summed E-state index contributed by atoms with van der Waals surface area (Å²) in [6.45, 7) is 16.4. The largest absolute Gasteiger partial charge is 0.481 e. The molecular weight excluding hydrogens is 600 g/mol. The Hall–Kier alpha value is -5.76. The second kappa shape index (κ2) is 12.8. The van der Waals surface area contributed by atoms with Crippen molar-refractivity contribution in [1.29, 1.82) is 0 Å². The number of hydrogen-bond acceptors (Lipinski definition) is 4. The van der Waals surface area contributed by atoms with Gasteiger partial charge in [-0.3, -0.25) is 9.59 Å². The molecule has 0 unspecified atom stereocenters. The monoisotopic (exact) mass is 638 g/mol. The molecule has 0 saturated carbocycles. The second-order valence-electron chi connectivity index (χ2n) is 12.2. The first-order valence-corrected chi connectivity index (χ1v) is 15.9. The van der Waals surface area contributed by atoms with Crippen LogP contribution in [0.5, 0.6) is 0 Å². The number of rotatable bonds is 9. The summed E-state index contributed by atoms with van der Waals surface area (Å²) in [4.78, 5) is 37.1. The van der Waals surface area contributed by atoms with Gasteiger partial charge in [-0.15, -0.1) is 0 Å². The van der Waals surface area contributed by atoms with Crippen molar-refractivity contribution in [2.75, 3.05) is 0 Å². The lowest BCUT2D eigenvalue weighted by molar-refractivity contribution is -0.137. The molecule has 5 heterocycles. The summed E-state index contributed by atoms with van der Waals surface area (Å²) in [5, 5.41) is 19.2. The predicted molar refractivity (Wildman–Crippen MR) is 194 cm³/mol. The van der Waals surface area contributed by atoms with Crippen LogP contribution in [0.2, 0.25) is 0 Å². The average molecular weight is 639 g/mol. The highest BCUT2D eigenvalue weighted by Gasteiger charge is 2.22. The van der Waals surface area contributed by atoms with E-state index in [-0.39, 0.29) is 12.8 Å². The van der Waals surface area contributed by atoms with E-state index in [2.05, 4.69) is 53.9 Å². The van der Waals surface area contributed by atoms with Crippen LogP contribution in [0.1, 0.15) is 78.1 Å². The normalized spacial score (nSPS) is 12.8. The van der Waals surface area contributed by atoms with E-state index < -0.39 is 11.9 Å². The van der Waals surface area contributed by atoms with Crippen LogP contribution < -0.4 is 0 Å². The molecule has 48 heavy (non-hydrogen) atoms. The third-order valence-corrected chi connectivity index (χ3v) is 9.40. The van der Waals surface area contributed by atoms with Gasteiger partial charge in [0, 0.05) is 40.7 Å². The van der Waals surface area contributed by atoms with Gasteiger partial charge in [0.1, 0.15) is 0 Å². The van der Waals surface area contributed by atoms with E-state index in [9.17, 15) is 19.8 Å². The first kappa shape index (κ1) is 32.2. The molecule has 3 N–H and O–H groups in total. The summed E-state index contributed by atoms with van der Waals surface area (Å²) in [5.41, 5.74) is 14.7. The number of aromatic nitrogens is 4. The molecule has 2 aliphatic rings. The van der Waals surface area contributed by atoms with Gasteiger partial charge in [-0.25, -0.2) is 9.97 Å². The fourth-order valence-electron chi connectivity index (χ4n) is 6.76. The van der Waals surface area contributed by atoms with E-state index >= 15 is 0 Å². The molecule has 0 fully saturated rings. The van der Waals surface area contributed by atoms with Crippen LogP contribution in [0.3, 0.4) is 0 Å². The lowest BCUT2D eigenvalue weighted by Crippen LogP contribution is -1.98. The Bertz CT molecular complexity index is 2270. The van der Waals surface area contributed by atoms with E-state index in [4.69, 9.17) is 9.97 Å². The lowest BCUT2D eigenvalue weighted by Gasteiger charge is -2.08. The molecule has 0 amide bonds. The summed E-state index contributed by atoms with van der Waals surface area (Å²) in [5.74, 6) is -1.77. The highest BCUT2D eigenvalue weighted by Crippen LogP contribution is 2.38. The second-order valence-corrected chi connectivity index (χ2v) is 12.2. The minimum Gasteiger partial charge on any atom is -0.481 e. The summed E-state index contributed by atoms with van der Waals surface area (Å²) >= 11 is 0. The van der Waals surface area contributed by atoms with E-state index in [1.807, 2.05) is 63.3 Å². The molecule has 0 aliphatic carbocycles. The van der Waals surface area contributed by atoms with Crippen LogP contribution in [0.4, 0.5) is 0 Å². The van der Waals surface area contributed by atoms with Gasteiger partial charge in [0.2, 0.25) is 0 Å². The quantitative estimate of drug-likeness (QED) is 0.168. The van der Waals surface area contributed by atoms with Crippen molar-refractivity contribution in [3.05, 3.63) is 119 Å². The number of aromatic amines is 1. The molecular formula is C40H38N4O4. The fourth-order valence-corrected chi connectivity index (χ4v) is 6.76. The van der Waals surface area contributed by atoms with Crippen LogP contribution >= 0.6 is 0 Å². The average Bonchev–Trinajstić information content (AvgIpc) is 3.70. The van der Waals surface area contributed by atoms with Gasteiger partial charge in [0.15, 0.2) is 0 Å². The van der Waals surface area contributed by atoms with Gasteiger partial charge < -0.3 is 19.8 Å². The van der Waals surface area contributed by atoms with Crippen molar-refractivity contribution in [1.82, 2.24) is 19.5 Å². The van der Waals surface area contributed by atoms with Crippen LogP contribution in [-0.4, -0.2) is 41.7 Å². The minimum absolute atomic E-state index is 0.0361. The van der Waals surface area contributed by atoms with E-state index in [1.54, 1.807) is 0 Å². The van der Waals surface area contributed by atoms with Crippen LogP contribution in [0, 0.1) is 13.8 Å². The van der Waals surface area contributed by atoms with Gasteiger partial charge in [0.25, 0.3) is 0 Å². The molecule has 242 valence electrons. The number of carbonyl (C=O) groups is 2. The van der Waals surface area contributed by atoms with Crippen molar-refractivity contribution in [2.24, 2.45) is 0 Å². The maximum Gasteiger partial charge on any atom is 0.303 e. The number of aliphatic carboxylic acids is 2. The van der Waals surface area contributed by atoms with Crippen LogP contribution in [-0.2, 0) is 16.0 Å². The molecule has 8 heteroatoms. The number of nitrogens with one attached hydrogen (secondary N) is 1.